The van der Waals surface area contributed by atoms with Gasteiger partial charge in [0.15, 0.2) is 0 Å². The van der Waals surface area contributed by atoms with Crippen molar-refractivity contribution in [3.8, 4) is 5.75 Å². The average Bonchev–Trinajstić information content (AvgIpc) is 3.16. The minimum atomic E-state index is -0.113. The van der Waals surface area contributed by atoms with E-state index in [1.54, 1.807) is 6.07 Å². The number of para-hydroxylation sites is 1. The Labute approximate surface area is 150 Å². The van der Waals surface area contributed by atoms with E-state index in [1.807, 2.05) is 18.2 Å². The summed E-state index contributed by atoms with van der Waals surface area (Å²) in [7, 11) is 1.46. The smallest absolute Gasteiger partial charge is 0.305 e. The molecule has 2 fully saturated rings. The number of ether oxygens (including phenoxy) is 1. The van der Waals surface area contributed by atoms with Gasteiger partial charge < -0.3 is 14.7 Å². The number of phenols is 1. The molecule has 5 heteroatoms. The molecule has 0 saturated carbocycles. The molecule has 1 aromatic rings. The Bertz CT molecular complexity index is 572. The van der Waals surface area contributed by atoms with Crippen molar-refractivity contribution in [2.75, 3.05) is 33.3 Å². The highest BCUT2D eigenvalue weighted by molar-refractivity contribution is 5.69. The van der Waals surface area contributed by atoms with Crippen LogP contribution in [0.1, 0.15) is 37.7 Å². The van der Waals surface area contributed by atoms with Crippen LogP contribution >= 0.6 is 0 Å². The zero-order valence-electron chi connectivity index (χ0n) is 15.2. The van der Waals surface area contributed by atoms with E-state index in [9.17, 15) is 9.90 Å². The lowest BCUT2D eigenvalue weighted by Crippen LogP contribution is -2.50. The Morgan fingerprint density at radius 2 is 2.00 bits per heavy atom. The molecule has 2 aliphatic heterocycles. The second-order valence-electron chi connectivity index (χ2n) is 7.34. The maximum atomic E-state index is 11.6. The fraction of sp³-hybridized carbons (Fsp3) is 0.650. The summed E-state index contributed by atoms with van der Waals surface area (Å²) in [6.45, 7) is 5.18. The molecule has 0 radical (unpaired) electrons. The lowest BCUT2D eigenvalue weighted by molar-refractivity contribution is -0.141. The minimum Gasteiger partial charge on any atom is -0.508 e. The highest BCUT2D eigenvalue weighted by atomic mass is 16.5. The molecule has 1 N–H and O–H groups in total. The van der Waals surface area contributed by atoms with Crippen molar-refractivity contribution in [1.29, 1.82) is 0 Å². The average molecular weight is 346 g/mol. The Morgan fingerprint density at radius 1 is 1.24 bits per heavy atom. The predicted molar refractivity (Wildman–Crippen MR) is 97.3 cm³/mol. The number of hydrogen-bond donors (Lipinski definition) is 1. The van der Waals surface area contributed by atoms with Gasteiger partial charge in [0.2, 0.25) is 0 Å². The first-order chi connectivity index (χ1) is 12.2. The van der Waals surface area contributed by atoms with Crippen molar-refractivity contribution >= 4 is 5.97 Å². The Kier molecular flexibility index (Phi) is 6.32. The first-order valence-corrected chi connectivity index (χ1v) is 9.47. The van der Waals surface area contributed by atoms with E-state index in [1.165, 1.54) is 33.0 Å². The van der Waals surface area contributed by atoms with Gasteiger partial charge in [-0.25, -0.2) is 0 Å². The highest BCUT2D eigenvalue weighted by Crippen LogP contribution is 2.30. The molecule has 0 amide bonds. The first-order valence-electron chi connectivity index (χ1n) is 9.47. The van der Waals surface area contributed by atoms with Crippen LogP contribution in [0.4, 0.5) is 0 Å². The van der Waals surface area contributed by atoms with E-state index < -0.39 is 0 Å². The summed E-state index contributed by atoms with van der Waals surface area (Å²) in [6.07, 6.45) is 5.10. The topological polar surface area (TPSA) is 53.0 Å². The Hall–Kier alpha value is -1.59. The molecule has 0 aromatic heterocycles. The third-order valence-electron chi connectivity index (χ3n) is 5.72. The number of aromatic hydroxyl groups is 1. The second kappa shape index (κ2) is 8.68. The van der Waals surface area contributed by atoms with Crippen LogP contribution in [0, 0.1) is 5.92 Å². The lowest BCUT2D eigenvalue weighted by Gasteiger charge is -2.43. The van der Waals surface area contributed by atoms with Crippen molar-refractivity contribution in [1.82, 2.24) is 9.80 Å². The number of hydrogen-bond acceptors (Lipinski definition) is 5. The summed E-state index contributed by atoms with van der Waals surface area (Å²) in [6, 6.07) is 8.15. The molecule has 3 rings (SSSR count). The van der Waals surface area contributed by atoms with Crippen LogP contribution in [0.5, 0.6) is 5.75 Å². The molecule has 2 aliphatic rings. The van der Waals surface area contributed by atoms with E-state index in [2.05, 4.69) is 9.80 Å². The van der Waals surface area contributed by atoms with Gasteiger partial charge in [-0.1, -0.05) is 18.2 Å². The molecular formula is C20H30N2O3. The highest BCUT2D eigenvalue weighted by Gasteiger charge is 2.34. The molecule has 5 nitrogen and oxygen atoms in total. The first kappa shape index (κ1) is 18.2. The second-order valence-corrected chi connectivity index (χ2v) is 7.34. The van der Waals surface area contributed by atoms with Crippen molar-refractivity contribution in [3.05, 3.63) is 29.8 Å². The number of phenolic OH excluding ortho intramolecular Hbond substituents is 1. The van der Waals surface area contributed by atoms with E-state index in [0.717, 1.165) is 38.0 Å². The quantitative estimate of drug-likeness (QED) is 0.803. The fourth-order valence-electron chi connectivity index (χ4n) is 4.37. The third-order valence-corrected chi connectivity index (χ3v) is 5.72. The number of nitrogens with zero attached hydrogens (tertiary/aromatic N) is 2. The summed E-state index contributed by atoms with van der Waals surface area (Å²) in [4.78, 5) is 16.7. The van der Waals surface area contributed by atoms with E-state index >= 15 is 0 Å². The van der Waals surface area contributed by atoms with Gasteiger partial charge in [-0.2, -0.15) is 0 Å². The molecule has 0 spiro atoms. The number of methoxy groups -OCH3 is 1. The predicted octanol–water partition coefficient (Wildman–Crippen LogP) is 2.63. The molecule has 2 saturated heterocycles. The third kappa shape index (κ3) is 4.73. The maximum absolute atomic E-state index is 11.6. The molecule has 0 bridgehead atoms. The number of piperidine rings is 1. The standard InChI is InChI=1S/C20H30N2O3/c1-25-20(24)9-8-16-14-21(15-17-6-2-3-7-19(17)23)13-10-18(16)22-11-4-5-12-22/h2-3,6-7,16,18,23H,4-5,8-15H2,1H3/t16-,18+/m1/s1. The van der Waals surface area contributed by atoms with Crippen LogP contribution < -0.4 is 0 Å². The van der Waals surface area contributed by atoms with Crippen molar-refractivity contribution < 1.29 is 14.6 Å². The molecule has 1 aromatic carbocycles. The summed E-state index contributed by atoms with van der Waals surface area (Å²) in [5.74, 6) is 0.741. The molecule has 25 heavy (non-hydrogen) atoms. The summed E-state index contributed by atoms with van der Waals surface area (Å²) in [5.41, 5.74) is 0.980. The molecule has 2 atom stereocenters. The fourth-order valence-corrected chi connectivity index (χ4v) is 4.37. The van der Waals surface area contributed by atoms with Crippen LogP contribution in [-0.2, 0) is 16.1 Å². The van der Waals surface area contributed by atoms with Gasteiger partial charge in [0.1, 0.15) is 5.75 Å². The van der Waals surface area contributed by atoms with E-state index in [4.69, 9.17) is 4.74 Å². The number of benzene rings is 1. The van der Waals surface area contributed by atoms with E-state index in [-0.39, 0.29) is 5.97 Å². The Morgan fingerprint density at radius 3 is 2.72 bits per heavy atom. The van der Waals surface area contributed by atoms with Gasteiger partial charge in [0.25, 0.3) is 0 Å². The van der Waals surface area contributed by atoms with Crippen LogP contribution in [0.15, 0.2) is 24.3 Å². The number of carbonyl (C=O) groups excluding carboxylic acids is 1. The van der Waals surface area contributed by atoms with Crippen LogP contribution in [0.2, 0.25) is 0 Å². The number of likely N-dealkylation sites (tertiary alicyclic amines) is 2. The molecular weight excluding hydrogens is 316 g/mol. The zero-order valence-corrected chi connectivity index (χ0v) is 15.2. The van der Waals surface area contributed by atoms with Crippen LogP contribution in [-0.4, -0.2) is 60.2 Å². The summed E-state index contributed by atoms with van der Waals surface area (Å²) in [5, 5.41) is 10.0. The molecule has 138 valence electrons. The van der Waals surface area contributed by atoms with Crippen molar-refractivity contribution in [2.24, 2.45) is 5.92 Å². The number of carbonyl (C=O) groups is 1. The van der Waals surface area contributed by atoms with E-state index in [0.29, 0.717) is 24.1 Å². The lowest BCUT2D eigenvalue weighted by atomic mass is 9.87. The van der Waals surface area contributed by atoms with Gasteiger partial charge in [-0.3, -0.25) is 9.69 Å². The molecule has 0 aliphatic carbocycles. The monoisotopic (exact) mass is 346 g/mol. The SMILES string of the molecule is COC(=O)CC[C@@H]1CN(Cc2ccccc2O)CC[C@@H]1N1CCCC1. The van der Waals surface area contributed by atoms with Crippen molar-refractivity contribution in [3.63, 3.8) is 0 Å². The van der Waals surface area contributed by atoms with Gasteiger partial charge in [-0.15, -0.1) is 0 Å². The van der Waals surface area contributed by atoms with Gasteiger partial charge >= 0.3 is 5.97 Å². The normalized spacial score (nSPS) is 25.2. The number of rotatable bonds is 6. The van der Waals surface area contributed by atoms with Gasteiger partial charge in [-0.05, 0) is 57.3 Å². The largest absolute Gasteiger partial charge is 0.508 e. The summed E-state index contributed by atoms with van der Waals surface area (Å²) >= 11 is 0. The van der Waals surface area contributed by atoms with Crippen molar-refractivity contribution in [2.45, 2.75) is 44.7 Å². The minimum absolute atomic E-state index is 0.113. The Balaban J connectivity index is 1.64. The maximum Gasteiger partial charge on any atom is 0.305 e. The van der Waals surface area contributed by atoms with Gasteiger partial charge in [0, 0.05) is 31.1 Å². The van der Waals surface area contributed by atoms with Crippen LogP contribution in [0.3, 0.4) is 0 Å². The number of esters is 1. The van der Waals surface area contributed by atoms with Gasteiger partial charge in [0.05, 0.1) is 7.11 Å². The summed E-state index contributed by atoms with van der Waals surface area (Å²) < 4.78 is 4.84. The molecule has 2 heterocycles. The zero-order chi connectivity index (χ0) is 17.6. The van der Waals surface area contributed by atoms with Crippen LogP contribution in [0.25, 0.3) is 0 Å². The molecule has 0 unspecified atom stereocenters.